The Morgan fingerprint density at radius 1 is 1.20 bits per heavy atom. The molecule has 0 aliphatic carbocycles. The first kappa shape index (κ1) is 15.6. The van der Waals surface area contributed by atoms with Crippen molar-refractivity contribution in [1.82, 2.24) is 19.9 Å². The molecule has 1 aliphatic rings. The SMILES string of the molecule is Cc1cc(NC2CCN(C(=O)c3cc4ccccc4[nH]3)CC2)ncn1. The lowest BCUT2D eigenvalue weighted by Crippen LogP contribution is -2.42. The smallest absolute Gasteiger partial charge is 0.270 e. The van der Waals surface area contributed by atoms with Gasteiger partial charge in [0.05, 0.1) is 0 Å². The molecule has 6 heteroatoms. The van der Waals surface area contributed by atoms with Crippen molar-refractivity contribution in [3.05, 3.63) is 54.1 Å². The van der Waals surface area contributed by atoms with E-state index in [2.05, 4.69) is 20.3 Å². The highest BCUT2D eigenvalue weighted by molar-refractivity contribution is 5.98. The fourth-order valence-corrected chi connectivity index (χ4v) is 3.33. The van der Waals surface area contributed by atoms with Crippen molar-refractivity contribution in [1.29, 1.82) is 0 Å². The molecule has 0 saturated carbocycles. The number of carbonyl (C=O) groups is 1. The predicted molar refractivity (Wildman–Crippen MR) is 97.6 cm³/mol. The second-order valence-electron chi connectivity index (χ2n) is 6.53. The number of aromatic amines is 1. The number of rotatable bonds is 3. The number of H-pyrrole nitrogens is 1. The number of aryl methyl sites for hydroxylation is 1. The van der Waals surface area contributed by atoms with Crippen molar-refractivity contribution in [2.45, 2.75) is 25.8 Å². The first-order valence-corrected chi connectivity index (χ1v) is 8.61. The number of piperidine rings is 1. The number of nitrogens with zero attached hydrogens (tertiary/aromatic N) is 3. The van der Waals surface area contributed by atoms with Gasteiger partial charge >= 0.3 is 0 Å². The van der Waals surface area contributed by atoms with Crippen LogP contribution in [-0.4, -0.2) is 44.9 Å². The molecule has 1 aliphatic heterocycles. The third-order valence-corrected chi connectivity index (χ3v) is 4.70. The maximum Gasteiger partial charge on any atom is 0.270 e. The molecule has 3 heterocycles. The lowest BCUT2D eigenvalue weighted by atomic mass is 10.0. The van der Waals surface area contributed by atoms with Gasteiger partial charge < -0.3 is 15.2 Å². The fraction of sp³-hybridized carbons (Fsp3) is 0.316. The van der Waals surface area contributed by atoms with Crippen LogP contribution < -0.4 is 5.32 Å². The molecule has 2 N–H and O–H groups in total. The second kappa shape index (κ2) is 6.55. The summed E-state index contributed by atoms with van der Waals surface area (Å²) in [6.07, 6.45) is 3.40. The number of benzene rings is 1. The van der Waals surface area contributed by atoms with Gasteiger partial charge in [-0.15, -0.1) is 0 Å². The number of fused-ring (bicyclic) bond motifs is 1. The highest BCUT2D eigenvalue weighted by Gasteiger charge is 2.24. The topological polar surface area (TPSA) is 73.9 Å². The minimum atomic E-state index is 0.0764. The van der Waals surface area contributed by atoms with Gasteiger partial charge in [0.15, 0.2) is 0 Å². The molecule has 4 rings (SSSR count). The van der Waals surface area contributed by atoms with Crippen LogP contribution in [0.4, 0.5) is 5.82 Å². The summed E-state index contributed by atoms with van der Waals surface area (Å²) >= 11 is 0. The summed E-state index contributed by atoms with van der Waals surface area (Å²) in [5.74, 6) is 0.931. The lowest BCUT2D eigenvalue weighted by molar-refractivity contribution is 0.0713. The number of carbonyl (C=O) groups excluding carboxylic acids is 1. The molecule has 128 valence electrons. The largest absolute Gasteiger partial charge is 0.367 e. The Balaban J connectivity index is 1.38. The fourth-order valence-electron chi connectivity index (χ4n) is 3.33. The van der Waals surface area contributed by atoms with E-state index in [1.807, 2.05) is 48.2 Å². The molecular weight excluding hydrogens is 314 g/mol. The molecule has 25 heavy (non-hydrogen) atoms. The number of nitrogens with one attached hydrogen (secondary N) is 2. The molecule has 0 radical (unpaired) electrons. The zero-order valence-electron chi connectivity index (χ0n) is 14.2. The minimum Gasteiger partial charge on any atom is -0.367 e. The second-order valence-corrected chi connectivity index (χ2v) is 6.53. The third kappa shape index (κ3) is 3.33. The Morgan fingerprint density at radius 2 is 2.00 bits per heavy atom. The summed E-state index contributed by atoms with van der Waals surface area (Å²) in [5, 5.41) is 4.52. The molecule has 0 bridgehead atoms. The van der Waals surface area contributed by atoms with E-state index in [9.17, 15) is 4.79 Å². The van der Waals surface area contributed by atoms with E-state index in [0.717, 1.165) is 48.3 Å². The standard InChI is InChI=1S/C19H21N5O/c1-13-10-18(21-12-20-13)22-15-6-8-24(9-7-15)19(25)17-11-14-4-2-3-5-16(14)23-17/h2-5,10-12,15,23H,6-9H2,1H3,(H,20,21,22). The van der Waals surface area contributed by atoms with Gasteiger partial charge in [-0.1, -0.05) is 18.2 Å². The molecule has 1 fully saturated rings. The number of likely N-dealkylation sites (tertiary alicyclic amines) is 1. The summed E-state index contributed by atoms with van der Waals surface area (Å²) in [5.41, 5.74) is 2.62. The van der Waals surface area contributed by atoms with E-state index >= 15 is 0 Å². The molecule has 6 nitrogen and oxygen atoms in total. The summed E-state index contributed by atoms with van der Waals surface area (Å²) in [7, 11) is 0. The van der Waals surface area contributed by atoms with Crippen LogP contribution in [0.15, 0.2) is 42.7 Å². The Morgan fingerprint density at radius 3 is 2.76 bits per heavy atom. The van der Waals surface area contributed by atoms with Gasteiger partial charge in [0.25, 0.3) is 5.91 Å². The number of para-hydroxylation sites is 1. The van der Waals surface area contributed by atoms with Crippen molar-refractivity contribution in [3.63, 3.8) is 0 Å². The van der Waals surface area contributed by atoms with E-state index in [1.54, 1.807) is 6.33 Å². The van der Waals surface area contributed by atoms with E-state index in [0.29, 0.717) is 11.7 Å². The predicted octanol–water partition coefficient (Wildman–Crippen LogP) is 2.98. The molecule has 1 amide bonds. The van der Waals surface area contributed by atoms with Gasteiger partial charge in [-0.25, -0.2) is 9.97 Å². The van der Waals surface area contributed by atoms with Crippen LogP contribution in [-0.2, 0) is 0 Å². The Hall–Kier alpha value is -2.89. The van der Waals surface area contributed by atoms with Gasteiger partial charge in [0.2, 0.25) is 0 Å². The maximum absolute atomic E-state index is 12.7. The van der Waals surface area contributed by atoms with E-state index in [-0.39, 0.29) is 5.91 Å². The number of aromatic nitrogens is 3. The van der Waals surface area contributed by atoms with Crippen LogP contribution in [0.1, 0.15) is 29.0 Å². The van der Waals surface area contributed by atoms with Gasteiger partial charge in [0.1, 0.15) is 17.8 Å². The van der Waals surface area contributed by atoms with Crippen molar-refractivity contribution in [2.24, 2.45) is 0 Å². The van der Waals surface area contributed by atoms with Gasteiger partial charge in [-0.3, -0.25) is 4.79 Å². The van der Waals surface area contributed by atoms with E-state index in [1.165, 1.54) is 0 Å². The van der Waals surface area contributed by atoms with Crippen LogP contribution in [0.25, 0.3) is 10.9 Å². The molecule has 0 atom stereocenters. The maximum atomic E-state index is 12.7. The van der Waals surface area contributed by atoms with Gasteiger partial charge in [-0.05, 0) is 31.9 Å². The van der Waals surface area contributed by atoms with Gasteiger partial charge in [-0.2, -0.15) is 0 Å². The third-order valence-electron chi connectivity index (χ3n) is 4.70. The Kier molecular flexibility index (Phi) is 4.09. The Labute approximate surface area is 146 Å². The monoisotopic (exact) mass is 335 g/mol. The number of hydrogen-bond acceptors (Lipinski definition) is 4. The summed E-state index contributed by atoms with van der Waals surface area (Å²) < 4.78 is 0. The molecule has 1 saturated heterocycles. The van der Waals surface area contributed by atoms with Crippen LogP contribution in [0.5, 0.6) is 0 Å². The average Bonchev–Trinajstić information content (AvgIpc) is 3.06. The molecule has 0 unspecified atom stereocenters. The molecular formula is C19H21N5O. The number of anilines is 1. The zero-order chi connectivity index (χ0) is 17.2. The zero-order valence-corrected chi connectivity index (χ0v) is 14.2. The molecule has 2 aromatic heterocycles. The van der Waals surface area contributed by atoms with Crippen molar-refractivity contribution in [3.8, 4) is 0 Å². The lowest BCUT2D eigenvalue weighted by Gasteiger charge is -2.32. The van der Waals surface area contributed by atoms with E-state index in [4.69, 9.17) is 0 Å². The molecule has 1 aromatic carbocycles. The molecule has 0 spiro atoms. The Bertz CT molecular complexity index is 862. The van der Waals surface area contributed by atoms with E-state index < -0.39 is 0 Å². The van der Waals surface area contributed by atoms with Crippen LogP contribution >= 0.6 is 0 Å². The molecule has 3 aromatic rings. The number of amides is 1. The number of hydrogen-bond donors (Lipinski definition) is 2. The van der Waals surface area contributed by atoms with Crippen molar-refractivity contribution >= 4 is 22.6 Å². The van der Waals surface area contributed by atoms with Gasteiger partial charge in [0, 0.05) is 41.8 Å². The summed E-state index contributed by atoms with van der Waals surface area (Å²) in [4.78, 5) is 26.2. The summed E-state index contributed by atoms with van der Waals surface area (Å²) in [6, 6.07) is 12.2. The van der Waals surface area contributed by atoms with Crippen LogP contribution in [0.3, 0.4) is 0 Å². The summed E-state index contributed by atoms with van der Waals surface area (Å²) in [6.45, 7) is 3.44. The minimum absolute atomic E-state index is 0.0764. The highest BCUT2D eigenvalue weighted by Crippen LogP contribution is 2.20. The van der Waals surface area contributed by atoms with Crippen LogP contribution in [0, 0.1) is 6.92 Å². The highest BCUT2D eigenvalue weighted by atomic mass is 16.2. The first-order chi connectivity index (χ1) is 12.2. The van der Waals surface area contributed by atoms with Crippen LogP contribution in [0.2, 0.25) is 0 Å². The quantitative estimate of drug-likeness (QED) is 0.772. The van der Waals surface area contributed by atoms with Crippen molar-refractivity contribution in [2.75, 3.05) is 18.4 Å². The average molecular weight is 335 g/mol. The van der Waals surface area contributed by atoms with Crippen molar-refractivity contribution < 1.29 is 4.79 Å². The first-order valence-electron chi connectivity index (χ1n) is 8.61. The normalized spacial score (nSPS) is 15.5.